The average molecular weight is 242 g/mol. The van der Waals surface area contributed by atoms with E-state index in [1.165, 1.54) is 17.3 Å². The van der Waals surface area contributed by atoms with E-state index in [1.807, 2.05) is 17.0 Å². The molecule has 5 nitrogen and oxygen atoms in total. The maximum atomic E-state index is 12.3. The normalized spacial score (nSPS) is 14.3. The van der Waals surface area contributed by atoms with Gasteiger partial charge in [0, 0.05) is 13.1 Å². The van der Waals surface area contributed by atoms with Gasteiger partial charge >= 0.3 is 0 Å². The highest BCUT2D eigenvalue weighted by Gasteiger charge is 2.23. The van der Waals surface area contributed by atoms with Gasteiger partial charge in [0.2, 0.25) is 0 Å². The van der Waals surface area contributed by atoms with E-state index in [2.05, 4.69) is 22.3 Å². The van der Waals surface area contributed by atoms with Crippen LogP contribution in [0.1, 0.15) is 21.5 Å². The zero-order valence-electron chi connectivity index (χ0n) is 9.89. The van der Waals surface area contributed by atoms with E-state index < -0.39 is 0 Å². The molecule has 0 atom stereocenters. The highest BCUT2D eigenvalue weighted by molar-refractivity contribution is 5.98. The fraction of sp³-hybridized carbons (Fsp3) is 0.231. The maximum Gasteiger partial charge on any atom is 0.259 e. The minimum atomic E-state index is -0.0595. The van der Waals surface area contributed by atoms with Crippen LogP contribution in [-0.4, -0.2) is 27.5 Å². The number of fused-ring (bicyclic) bond motifs is 1. The molecule has 1 aliphatic heterocycles. The van der Waals surface area contributed by atoms with Gasteiger partial charge in [-0.15, -0.1) is 0 Å². The molecule has 5 heteroatoms. The van der Waals surface area contributed by atoms with Gasteiger partial charge in [0.1, 0.15) is 11.4 Å². The summed E-state index contributed by atoms with van der Waals surface area (Å²) in [6, 6.07) is 8.21. The number of hydrogen-bond acceptors (Lipinski definition) is 3. The molecule has 3 rings (SSSR count). The van der Waals surface area contributed by atoms with Crippen LogP contribution in [0.4, 0.5) is 5.82 Å². The third-order valence-corrected chi connectivity index (χ3v) is 3.32. The van der Waals surface area contributed by atoms with Crippen LogP contribution in [0.25, 0.3) is 0 Å². The first-order valence-electron chi connectivity index (χ1n) is 5.90. The smallest absolute Gasteiger partial charge is 0.259 e. The lowest BCUT2D eigenvalue weighted by Gasteiger charge is -2.28. The summed E-state index contributed by atoms with van der Waals surface area (Å²) in [7, 11) is 0. The van der Waals surface area contributed by atoms with E-state index in [1.54, 1.807) is 0 Å². The summed E-state index contributed by atoms with van der Waals surface area (Å²) in [6.07, 6.45) is 2.37. The molecule has 0 aliphatic carbocycles. The highest BCUT2D eigenvalue weighted by Crippen LogP contribution is 2.21. The van der Waals surface area contributed by atoms with E-state index in [0.717, 1.165) is 13.0 Å². The Balaban J connectivity index is 1.84. The Morgan fingerprint density at radius 3 is 2.83 bits per heavy atom. The van der Waals surface area contributed by atoms with Crippen LogP contribution in [-0.2, 0) is 13.0 Å². The van der Waals surface area contributed by atoms with Crippen LogP contribution >= 0.6 is 0 Å². The Bertz CT molecular complexity index is 590. The molecule has 18 heavy (non-hydrogen) atoms. The number of nitrogen functional groups attached to an aromatic ring is 1. The number of rotatable bonds is 1. The molecule has 0 radical (unpaired) electrons. The van der Waals surface area contributed by atoms with Crippen molar-refractivity contribution in [1.82, 2.24) is 15.1 Å². The molecule has 0 saturated carbocycles. The number of nitrogens with zero attached hydrogens (tertiary/aromatic N) is 2. The zero-order chi connectivity index (χ0) is 12.5. The van der Waals surface area contributed by atoms with Gasteiger partial charge in [0.25, 0.3) is 5.91 Å². The second-order valence-corrected chi connectivity index (χ2v) is 4.44. The monoisotopic (exact) mass is 242 g/mol. The van der Waals surface area contributed by atoms with Gasteiger partial charge < -0.3 is 10.6 Å². The van der Waals surface area contributed by atoms with Crippen LogP contribution < -0.4 is 5.73 Å². The van der Waals surface area contributed by atoms with Crippen LogP contribution in [0.3, 0.4) is 0 Å². The Kier molecular flexibility index (Phi) is 2.51. The number of nitrogens with two attached hydrogens (primary N) is 1. The van der Waals surface area contributed by atoms with E-state index >= 15 is 0 Å². The summed E-state index contributed by atoms with van der Waals surface area (Å²) in [6.45, 7) is 1.36. The number of benzene rings is 1. The Morgan fingerprint density at radius 1 is 1.33 bits per heavy atom. The summed E-state index contributed by atoms with van der Waals surface area (Å²) < 4.78 is 0. The maximum absolute atomic E-state index is 12.3. The molecule has 1 aromatic heterocycles. The molecule has 2 aromatic rings. The van der Waals surface area contributed by atoms with Gasteiger partial charge in [0.05, 0.1) is 6.20 Å². The number of amides is 1. The van der Waals surface area contributed by atoms with Crippen LogP contribution in [0.2, 0.25) is 0 Å². The standard InChI is InChI=1S/C13H14N4O/c14-12-11(7-15-16-12)13(18)17-6-5-9-3-1-2-4-10(9)8-17/h1-4,7H,5-6,8H2,(H3,14,15,16). The first-order chi connectivity index (χ1) is 8.75. The van der Waals surface area contributed by atoms with E-state index in [4.69, 9.17) is 5.73 Å². The zero-order valence-corrected chi connectivity index (χ0v) is 9.89. The van der Waals surface area contributed by atoms with Gasteiger partial charge in [-0.25, -0.2) is 0 Å². The lowest BCUT2D eigenvalue weighted by molar-refractivity contribution is 0.0736. The van der Waals surface area contributed by atoms with E-state index in [0.29, 0.717) is 17.9 Å². The van der Waals surface area contributed by atoms with Crippen molar-refractivity contribution in [2.45, 2.75) is 13.0 Å². The summed E-state index contributed by atoms with van der Waals surface area (Å²) in [5, 5.41) is 6.37. The van der Waals surface area contributed by atoms with Gasteiger partial charge in [-0.3, -0.25) is 9.89 Å². The quantitative estimate of drug-likeness (QED) is 0.788. The third kappa shape index (κ3) is 1.73. The van der Waals surface area contributed by atoms with Crippen molar-refractivity contribution in [2.24, 2.45) is 0 Å². The molecule has 3 N–H and O–H groups in total. The largest absolute Gasteiger partial charge is 0.383 e. The second kappa shape index (κ2) is 4.18. The van der Waals surface area contributed by atoms with Crippen molar-refractivity contribution in [1.29, 1.82) is 0 Å². The summed E-state index contributed by atoms with van der Waals surface area (Å²) in [4.78, 5) is 14.1. The molecule has 92 valence electrons. The van der Waals surface area contributed by atoms with Crippen molar-refractivity contribution in [3.8, 4) is 0 Å². The first kappa shape index (κ1) is 10.8. The Hall–Kier alpha value is -2.30. The number of carbonyl (C=O) groups excluding carboxylic acids is 1. The molecule has 0 fully saturated rings. The molecule has 0 bridgehead atoms. The fourth-order valence-electron chi connectivity index (χ4n) is 2.31. The minimum absolute atomic E-state index is 0.0595. The molecule has 0 saturated heterocycles. The number of H-pyrrole nitrogens is 1. The average Bonchev–Trinajstić information content (AvgIpc) is 2.83. The molecule has 1 amide bonds. The second-order valence-electron chi connectivity index (χ2n) is 4.44. The summed E-state index contributed by atoms with van der Waals surface area (Å²) >= 11 is 0. The summed E-state index contributed by atoms with van der Waals surface area (Å²) in [5.41, 5.74) is 8.66. The Morgan fingerprint density at radius 2 is 2.11 bits per heavy atom. The Labute approximate surface area is 105 Å². The third-order valence-electron chi connectivity index (χ3n) is 3.32. The fourth-order valence-corrected chi connectivity index (χ4v) is 2.31. The summed E-state index contributed by atoms with van der Waals surface area (Å²) in [5.74, 6) is 0.273. The topological polar surface area (TPSA) is 75.0 Å². The predicted molar refractivity (Wildman–Crippen MR) is 67.9 cm³/mol. The minimum Gasteiger partial charge on any atom is -0.383 e. The van der Waals surface area contributed by atoms with Gasteiger partial charge in [-0.1, -0.05) is 24.3 Å². The predicted octanol–water partition coefficient (Wildman–Crippen LogP) is 1.19. The van der Waals surface area contributed by atoms with Crippen molar-refractivity contribution < 1.29 is 4.79 Å². The van der Waals surface area contributed by atoms with Crippen molar-refractivity contribution >= 4 is 11.7 Å². The lowest BCUT2D eigenvalue weighted by Crippen LogP contribution is -2.36. The molecule has 0 unspecified atom stereocenters. The van der Waals surface area contributed by atoms with E-state index in [-0.39, 0.29) is 5.91 Å². The van der Waals surface area contributed by atoms with Crippen molar-refractivity contribution in [3.05, 3.63) is 47.2 Å². The van der Waals surface area contributed by atoms with Crippen LogP contribution in [0.5, 0.6) is 0 Å². The molecular weight excluding hydrogens is 228 g/mol. The number of nitrogens with one attached hydrogen (secondary N) is 1. The van der Waals surface area contributed by atoms with Crippen molar-refractivity contribution in [3.63, 3.8) is 0 Å². The molecule has 1 aromatic carbocycles. The van der Waals surface area contributed by atoms with Gasteiger partial charge in [0.15, 0.2) is 0 Å². The lowest BCUT2D eigenvalue weighted by atomic mass is 9.99. The van der Waals surface area contributed by atoms with Gasteiger partial charge in [-0.2, -0.15) is 5.10 Å². The number of aromatic amines is 1. The van der Waals surface area contributed by atoms with Crippen LogP contribution in [0, 0.1) is 0 Å². The number of aromatic nitrogens is 2. The molecular formula is C13H14N4O. The number of anilines is 1. The number of carbonyl (C=O) groups is 1. The number of hydrogen-bond donors (Lipinski definition) is 2. The van der Waals surface area contributed by atoms with Crippen molar-refractivity contribution in [2.75, 3.05) is 12.3 Å². The molecule has 2 heterocycles. The molecule has 0 spiro atoms. The SMILES string of the molecule is Nc1[nH]ncc1C(=O)N1CCc2ccccc2C1. The first-order valence-corrected chi connectivity index (χ1v) is 5.90. The van der Waals surface area contributed by atoms with E-state index in [9.17, 15) is 4.79 Å². The highest BCUT2D eigenvalue weighted by atomic mass is 16.2. The van der Waals surface area contributed by atoms with Crippen LogP contribution in [0.15, 0.2) is 30.5 Å². The molecule has 1 aliphatic rings. The van der Waals surface area contributed by atoms with Gasteiger partial charge in [-0.05, 0) is 17.5 Å².